The molecule has 0 amide bonds. The molecule has 0 radical (unpaired) electrons. The number of halogens is 1. The van der Waals surface area contributed by atoms with E-state index < -0.39 is 0 Å². The molecule has 1 heterocycles. The molecule has 76 valence electrons. The molecule has 2 rings (SSSR count). The third-order valence-corrected chi connectivity index (χ3v) is 2.74. The number of nitrogens with one attached hydrogen (secondary N) is 1. The highest BCUT2D eigenvalue weighted by Crippen LogP contribution is 2.24. The molecule has 1 aromatic heterocycles. The van der Waals surface area contributed by atoms with Gasteiger partial charge in [0.05, 0.1) is 6.20 Å². The summed E-state index contributed by atoms with van der Waals surface area (Å²) >= 11 is 5.62. The van der Waals surface area contributed by atoms with Crippen molar-refractivity contribution in [1.82, 2.24) is 15.2 Å². The van der Waals surface area contributed by atoms with Crippen LogP contribution in [0.2, 0.25) is 5.28 Å². The van der Waals surface area contributed by atoms with Crippen molar-refractivity contribution >= 4 is 17.4 Å². The molecule has 0 aliphatic heterocycles. The van der Waals surface area contributed by atoms with E-state index in [1.165, 1.54) is 25.7 Å². The predicted molar refractivity (Wildman–Crippen MR) is 55.3 cm³/mol. The molecule has 0 unspecified atom stereocenters. The first-order chi connectivity index (χ1) is 6.84. The normalized spacial score (nSPS) is 17.2. The van der Waals surface area contributed by atoms with E-state index in [-0.39, 0.29) is 5.28 Å². The molecule has 4 nitrogen and oxygen atoms in total. The van der Waals surface area contributed by atoms with Gasteiger partial charge in [-0.15, -0.1) is 5.10 Å². The van der Waals surface area contributed by atoms with E-state index in [1.807, 2.05) is 0 Å². The zero-order valence-corrected chi connectivity index (χ0v) is 8.67. The summed E-state index contributed by atoms with van der Waals surface area (Å²) < 4.78 is 0. The van der Waals surface area contributed by atoms with Crippen molar-refractivity contribution < 1.29 is 0 Å². The van der Waals surface area contributed by atoms with Crippen molar-refractivity contribution in [3.05, 3.63) is 11.5 Å². The Morgan fingerprint density at radius 1 is 1.43 bits per heavy atom. The van der Waals surface area contributed by atoms with Crippen molar-refractivity contribution in [2.24, 2.45) is 5.92 Å². The van der Waals surface area contributed by atoms with Crippen LogP contribution in [0.15, 0.2) is 6.20 Å². The fourth-order valence-electron chi connectivity index (χ4n) is 1.83. The summed E-state index contributed by atoms with van der Waals surface area (Å²) in [6, 6.07) is 0. The molecule has 1 fully saturated rings. The number of hydrogen-bond acceptors (Lipinski definition) is 4. The maximum Gasteiger partial charge on any atom is 0.244 e. The summed E-state index contributed by atoms with van der Waals surface area (Å²) in [6.45, 7) is 0.967. The number of hydrogen-bond donors (Lipinski definition) is 1. The molecule has 0 spiro atoms. The van der Waals surface area contributed by atoms with Crippen LogP contribution in [0.1, 0.15) is 25.7 Å². The first kappa shape index (κ1) is 9.65. The Labute approximate surface area is 88.1 Å². The molecule has 1 aliphatic rings. The van der Waals surface area contributed by atoms with Crippen LogP contribution in [0.4, 0.5) is 5.82 Å². The van der Waals surface area contributed by atoms with Gasteiger partial charge in [-0.3, -0.25) is 0 Å². The molecule has 0 bridgehead atoms. The lowest BCUT2D eigenvalue weighted by Gasteiger charge is -2.10. The van der Waals surface area contributed by atoms with Gasteiger partial charge in [-0.1, -0.05) is 12.8 Å². The number of anilines is 1. The Bertz CT molecular complexity index is 299. The summed E-state index contributed by atoms with van der Waals surface area (Å²) in [4.78, 5) is 4.01. The van der Waals surface area contributed by atoms with E-state index in [0.717, 1.165) is 18.3 Å². The average Bonchev–Trinajstić information content (AvgIpc) is 2.67. The van der Waals surface area contributed by atoms with Crippen molar-refractivity contribution in [1.29, 1.82) is 0 Å². The predicted octanol–water partition coefficient (Wildman–Crippen LogP) is 2.13. The van der Waals surface area contributed by atoms with Gasteiger partial charge in [0.2, 0.25) is 5.28 Å². The van der Waals surface area contributed by atoms with E-state index in [0.29, 0.717) is 0 Å². The van der Waals surface area contributed by atoms with Gasteiger partial charge in [0.1, 0.15) is 5.82 Å². The van der Waals surface area contributed by atoms with Gasteiger partial charge >= 0.3 is 0 Å². The largest absolute Gasteiger partial charge is 0.368 e. The average molecular weight is 213 g/mol. The number of nitrogens with zero attached hydrogens (tertiary/aromatic N) is 3. The van der Waals surface area contributed by atoms with Crippen LogP contribution >= 0.6 is 11.6 Å². The van der Waals surface area contributed by atoms with E-state index in [4.69, 9.17) is 11.6 Å². The minimum atomic E-state index is 0.196. The maximum atomic E-state index is 5.62. The van der Waals surface area contributed by atoms with Gasteiger partial charge in [-0.2, -0.15) is 10.1 Å². The Morgan fingerprint density at radius 3 is 2.93 bits per heavy atom. The topological polar surface area (TPSA) is 50.7 Å². The third kappa shape index (κ3) is 2.54. The molecule has 1 N–H and O–H groups in total. The lowest BCUT2D eigenvalue weighted by molar-refractivity contribution is 0.578. The maximum absolute atomic E-state index is 5.62. The van der Waals surface area contributed by atoms with Crippen LogP contribution in [-0.2, 0) is 0 Å². The SMILES string of the molecule is Clc1nncc(NCC2CCCC2)n1. The third-order valence-electron chi connectivity index (χ3n) is 2.58. The van der Waals surface area contributed by atoms with Crippen molar-refractivity contribution in [2.75, 3.05) is 11.9 Å². The summed E-state index contributed by atoms with van der Waals surface area (Å²) in [7, 11) is 0. The first-order valence-electron chi connectivity index (χ1n) is 4.93. The van der Waals surface area contributed by atoms with E-state index >= 15 is 0 Å². The molecule has 0 saturated heterocycles. The Hall–Kier alpha value is -0.900. The summed E-state index contributed by atoms with van der Waals surface area (Å²) in [5, 5.41) is 10.7. The fourth-order valence-corrected chi connectivity index (χ4v) is 1.97. The quantitative estimate of drug-likeness (QED) is 0.834. The summed E-state index contributed by atoms with van der Waals surface area (Å²) in [5.41, 5.74) is 0. The van der Waals surface area contributed by atoms with Crippen LogP contribution in [0.3, 0.4) is 0 Å². The lowest BCUT2D eigenvalue weighted by Crippen LogP contribution is -2.12. The van der Waals surface area contributed by atoms with E-state index in [9.17, 15) is 0 Å². The minimum Gasteiger partial charge on any atom is -0.368 e. The molecular formula is C9H13ClN4. The Morgan fingerprint density at radius 2 is 2.21 bits per heavy atom. The highest BCUT2D eigenvalue weighted by molar-refractivity contribution is 6.28. The number of aromatic nitrogens is 3. The van der Waals surface area contributed by atoms with Gasteiger partial charge in [-0.25, -0.2) is 0 Å². The molecule has 14 heavy (non-hydrogen) atoms. The van der Waals surface area contributed by atoms with Crippen LogP contribution in [-0.4, -0.2) is 21.7 Å². The molecule has 1 saturated carbocycles. The van der Waals surface area contributed by atoms with Crippen LogP contribution < -0.4 is 5.32 Å². The van der Waals surface area contributed by atoms with Gasteiger partial charge < -0.3 is 5.32 Å². The van der Waals surface area contributed by atoms with Crippen molar-refractivity contribution in [3.8, 4) is 0 Å². The van der Waals surface area contributed by atoms with Crippen LogP contribution in [0, 0.1) is 5.92 Å². The minimum absolute atomic E-state index is 0.196. The Kier molecular flexibility index (Phi) is 3.14. The second-order valence-electron chi connectivity index (χ2n) is 3.64. The molecule has 1 aromatic rings. The highest BCUT2D eigenvalue weighted by atomic mass is 35.5. The van der Waals surface area contributed by atoms with Crippen molar-refractivity contribution in [3.63, 3.8) is 0 Å². The van der Waals surface area contributed by atoms with E-state index in [1.54, 1.807) is 6.20 Å². The molecular weight excluding hydrogens is 200 g/mol. The second-order valence-corrected chi connectivity index (χ2v) is 3.98. The molecule has 1 aliphatic carbocycles. The van der Waals surface area contributed by atoms with E-state index in [2.05, 4.69) is 20.5 Å². The monoisotopic (exact) mass is 212 g/mol. The fraction of sp³-hybridized carbons (Fsp3) is 0.667. The standard InChI is InChI=1S/C9H13ClN4/c10-9-13-8(6-12-14-9)11-5-7-3-1-2-4-7/h6-7H,1-5H2,(H,11,13,14). The first-order valence-corrected chi connectivity index (χ1v) is 5.31. The van der Waals surface area contributed by atoms with Gasteiger partial charge in [0, 0.05) is 6.54 Å². The molecule has 0 aromatic carbocycles. The van der Waals surface area contributed by atoms with Crippen LogP contribution in [0.25, 0.3) is 0 Å². The van der Waals surface area contributed by atoms with Gasteiger partial charge in [0.25, 0.3) is 0 Å². The lowest BCUT2D eigenvalue weighted by atomic mass is 10.1. The summed E-state index contributed by atoms with van der Waals surface area (Å²) in [5.74, 6) is 1.50. The zero-order chi connectivity index (χ0) is 9.80. The van der Waals surface area contributed by atoms with Crippen molar-refractivity contribution in [2.45, 2.75) is 25.7 Å². The molecule has 5 heteroatoms. The second kappa shape index (κ2) is 4.55. The highest BCUT2D eigenvalue weighted by Gasteiger charge is 2.14. The molecule has 0 atom stereocenters. The van der Waals surface area contributed by atoms with Gasteiger partial charge in [-0.05, 0) is 30.4 Å². The summed E-state index contributed by atoms with van der Waals surface area (Å²) in [6.07, 6.45) is 6.95. The smallest absolute Gasteiger partial charge is 0.244 e. The van der Waals surface area contributed by atoms with Crippen LogP contribution in [0.5, 0.6) is 0 Å². The Balaban J connectivity index is 1.85. The van der Waals surface area contributed by atoms with Gasteiger partial charge in [0.15, 0.2) is 0 Å². The number of rotatable bonds is 3. The zero-order valence-electron chi connectivity index (χ0n) is 7.91.